The van der Waals surface area contributed by atoms with E-state index in [4.69, 9.17) is 10.5 Å². The molecule has 0 aliphatic heterocycles. The molecule has 2 N–H and O–H groups in total. The van der Waals surface area contributed by atoms with Crippen LogP contribution in [-0.2, 0) is 4.74 Å². The first kappa shape index (κ1) is 12.7. The maximum Gasteiger partial charge on any atom is 0.359 e. The summed E-state index contributed by atoms with van der Waals surface area (Å²) in [5.41, 5.74) is 7.56. The Morgan fingerprint density at radius 1 is 1.30 bits per heavy atom. The van der Waals surface area contributed by atoms with E-state index < -0.39 is 0 Å². The quantitative estimate of drug-likeness (QED) is 0.688. The van der Waals surface area contributed by atoms with Gasteiger partial charge in [-0.1, -0.05) is 6.07 Å². The van der Waals surface area contributed by atoms with E-state index in [0.717, 1.165) is 31.4 Å². The number of carbonyl (C=O) groups excluding carboxylic acids is 1. The van der Waals surface area contributed by atoms with Crippen LogP contribution in [0.5, 0.6) is 0 Å². The summed E-state index contributed by atoms with van der Waals surface area (Å²) in [5, 5.41) is 4.25. The fraction of sp³-hybridized carbons (Fsp3) is 0.333. The lowest BCUT2D eigenvalue weighted by atomic mass is 10.3. The minimum Gasteiger partial charge on any atom is -0.458 e. The van der Waals surface area contributed by atoms with Crippen molar-refractivity contribution in [3.63, 3.8) is 0 Å². The van der Waals surface area contributed by atoms with Crippen LogP contribution in [0.25, 0.3) is 5.69 Å². The van der Waals surface area contributed by atoms with Crippen LogP contribution in [0.15, 0.2) is 36.5 Å². The van der Waals surface area contributed by atoms with Crippen molar-refractivity contribution < 1.29 is 9.53 Å². The van der Waals surface area contributed by atoms with Crippen LogP contribution in [0.4, 0.5) is 5.69 Å². The molecular weight excluding hydrogens is 254 g/mol. The highest BCUT2D eigenvalue weighted by Crippen LogP contribution is 2.22. The number of nitrogen functional groups attached to an aromatic ring is 1. The van der Waals surface area contributed by atoms with Gasteiger partial charge in [-0.15, -0.1) is 0 Å². The van der Waals surface area contributed by atoms with Gasteiger partial charge in [0.05, 0.1) is 5.69 Å². The highest BCUT2D eigenvalue weighted by Gasteiger charge is 2.21. The highest BCUT2D eigenvalue weighted by atomic mass is 16.5. The molecule has 0 amide bonds. The average molecular weight is 271 g/mol. The standard InChI is InChI=1S/C15H17N3O2/c16-11-4-3-5-12(10-11)18-9-8-14(17-18)15(19)20-13-6-1-2-7-13/h3-5,8-10,13H,1-2,6-7,16H2. The molecule has 0 unspecified atom stereocenters. The van der Waals surface area contributed by atoms with Gasteiger partial charge in [-0.25, -0.2) is 9.48 Å². The lowest BCUT2D eigenvalue weighted by Gasteiger charge is -2.09. The predicted octanol–water partition coefficient (Wildman–Crippen LogP) is 2.55. The second-order valence-corrected chi connectivity index (χ2v) is 5.05. The van der Waals surface area contributed by atoms with Gasteiger partial charge < -0.3 is 10.5 Å². The van der Waals surface area contributed by atoms with Crippen molar-refractivity contribution in [3.8, 4) is 5.69 Å². The van der Waals surface area contributed by atoms with Crippen molar-refractivity contribution in [1.29, 1.82) is 0 Å². The van der Waals surface area contributed by atoms with Gasteiger partial charge in [-0.2, -0.15) is 5.10 Å². The Hall–Kier alpha value is -2.30. The molecule has 3 rings (SSSR count). The third kappa shape index (κ3) is 2.66. The van der Waals surface area contributed by atoms with Crippen molar-refractivity contribution >= 4 is 11.7 Å². The molecule has 0 spiro atoms. The number of hydrogen-bond donors (Lipinski definition) is 1. The smallest absolute Gasteiger partial charge is 0.359 e. The molecule has 0 radical (unpaired) electrons. The Bertz CT molecular complexity index is 615. The van der Waals surface area contributed by atoms with E-state index in [9.17, 15) is 4.79 Å². The number of ether oxygens (including phenoxy) is 1. The fourth-order valence-electron chi connectivity index (χ4n) is 2.46. The Labute approximate surface area is 117 Å². The molecule has 1 saturated carbocycles. The number of rotatable bonds is 3. The zero-order valence-corrected chi connectivity index (χ0v) is 11.2. The van der Waals surface area contributed by atoms with Gasteiger partial charge in [-0.3, -0.25) is 0 Å². The Morgan fingerprint density at radius 2 is 2.10 bits per heavy atom. The molecule has 1 aromatic heterocycles. The number of carbonyl (C=O) groups is 1. The first-order valence-electron chi connectivity index (χ1n) is 6.85. The summed E-state index contributed by atoms with van der Waals surface area (Å²) in [5.74, 6) is -0.348. The number of anilines is 1. The van der Waals surface area contributed by atoms with E-state index >= 15 is 0 Å². The van der Waals surface area contributed by atoms with Crippen LogP contribution in [0, 0.1) is 0 Å². The highest BCUT2D eigenvalue weighted by molar-refractivity contribution is 5.87. The molecule has 2 aromatic rings. The average Bonchev–Trinajstić information content (AvgIpc) is 3.09. The molecule has 0 bridgehead atoms. The van der Waals surface area contributed by atoms with E-state index in [0.29, 0.717) is 11.4 Å². The minimum atomic E-state index is -0.348. The van der Waals surface area contributed by atoms with Gasteiger partial charge in [0.1, 0.15) is 6.10 Å². The Morgan fingerprint density at radius 3 is 2.85 bits per heavy atom. The number of aromatic nitrogens is 2. The number of hydrogen-bond acceptors (Lipinski definition) is 4. The van der Waals surface area contributed by atoms with Crippen LogP contribution in [0.3, 0.4) is 0 Å². The topological polar surface area (TPSA) is 70.1 Å². The van der Waals surface area contributed by atoms with Crippen LogP contribution < -0.4 is 5.73 Å². The zero-order valence-electron chi connectivity index (χ0n) is 11.2. The summed E-state index contributed by atoms with van der Waals surface area (Å²) in [6, 6.07) is 9.01. The number of benzene rings is 1. The summed E-state index contributed by atoms with van der Waals surface area (Å²) in [6.45, 7) is 0. The van der Waals surface area contributed by atoms with Crippen molar-refractivity contribution in [1.82, 2.24) is 9.78 Å². The molecule has 5 heteroatoms. The van der Waals surface area contributed by atoms with E-state index in [2.05, 4.69) is 5.10 Å². The van der Waals surface area contributed by atoms with Crippen molar-refractivity contribution in [2.45, 2.75) is 31.8 Å². The van der Waals surface area contributed by atoms with E-state index in [1.807, 2.05) is 18.2 Å². The third-order valence-corrected chi connectivity index (χ3v) is 3.51. The van der Waals surface area contributed by atoms with Crippen molar-refractivity contribution in [2.75, 3.05) is 5.73 Å². The molecule has 1 aromatic carbocycles. The molecule has 1 fully saturated rings. The summed E-state index contributed by atoms with van der Waals surface area (Å²) in [4.78, 5) is 12.0. The predicted molar refractivity (Wildman–Crippen MR) is 75.6 cm³/mol. The molecule has 104 valence electrons. The van der Waals surface area contributed by atoms with Crippen molar-refractivity contribution in [3.05, 3.63) is 42.2 Å². The summed E-state index contributed by atoms with van der Waals surface area (Å²) in [6.07, 6.45) is 5.98. The Kier molecular flexibility index (Phi) is 3.41. The molecular formula is C15H17N3O2. The fourth-order valence-corrected chi connectivity index (χ4v) is 2.46. The molecule has 5 nitrogen and oxygen atoms in total. The molecule has 0 saturated heterocycles. The maximum absolute atomic E-state index is 12.0. The number of esters is 1. The number of nitrogens with zero attached hydrogens (tertiary/aromatic N) is 2. The van der Waals surface area contributed by atoms with E-state index in [1.165, 1.54) is 0 Å². The zero-order chi connectivity index (χ0) is 13.9. The van der Waals surface area contributed by atoms with Gasteiger partial charge in [0.2, 0.25) is 0 Å². The van der Waals surface area contributed by atoms with E-state index in [1.54, 1.807) is 23.0 Å². The molecule has 1 aliphatic rings. The van der Waals surface area contributed by atoms with E-state index in [-0.39, 0.29) is 12.1 Å². The maximum atomic E-state index is 12.0. The SMILES string of the molecule is Nc1cccc(-n2ccc(C(=O)OC3CCCC3)n2)c1. The molecule has 20 heavy (non-hydrogen) atoms. The lowest BCUT2D eigenvalue weighted by molar-refractivity contribution is 0.0310. The second-order valence-electron chi connectivity index (χ2n) is 5.05. The van der Waals surface area contributed by atoms with Crippen LogP contribution in [0.1, 0.15) is 36.2 Å². The molecule has 1 heterocycles. The summed E-state index contributed by atoms with van der Waals surface area (Å²) < 4.78 is 7.06. The third-order valence-electron chi connectivity index (χ3n) is 3.51. The lowest BCUT2D eigenvalue weighted by Crippen LogP contribution is -2.15. The first-order chi connectivity index (χ1) is 9.72. The van der Waals surface area contributed by atoms with Crippen LogP contribution in [-0.4, -0.2) is 21.9 Å². The van der Waals surface area contributed by atoms with Crippen molar-refractivity contribution in [2.24, 2.45) is 0 Å². The minimum absolute atomic E-state index is 0.0556. The van der Waals surface area contributed by atoms with Crippen LogP contribution in [0.2, 0.25) is 0 Å². The van der Waals surface area contributed by atoms with Gasteiger partial charge in [0.25, 0.3) is 0 Å². The van der Waals surface area contributed by atoms with Gasteiger partial charge in [-0.05, 0) is 49.9 Å². The largest absolute Gasteiger partial charge is 0.458 e. The van der Waals surface area contributed by atoms with Gasteiger partial charge in [0, 0.05) is 11.9 Å². The van der Waals surface area contributed by atoms with Crippen LogP contribution >= 0.6 is 0 Å². The van der Waals surface area contributed by atoms with Gasteiger partial charge in [0.15, 0.2) is 5.69 Å². The molecule has 1 aliphatic carbocycles. The summed E-state index contributed by atoms with van der Waals surface area (Å²) >= 11 is 0. The number of nitrogens with two attached hydrogens (primary N) is 1. The summed E-state index contributed by atoms with van der Waals surface area (Å²) in [7, 11) is 0. The molecule has 0 atom stereocenters. The second kappa shape index (κ2) is 5.36. The first-order valence-corrected chi connectivity index (χ1v) is 6.85. The Balaban J connectivity index is 1.74. The monoisotopic (exact) mass is 271 g/mol. The normalized spacial score (nSPS) is 15.4. The van der Waals surface area contributed by atoms with Gasteiger partial charge >= 0.3 is 5.97 Å².